The van der Waals surface area contributed by atoms with Gasteiger partial charge in [-0.2, -0.15) is 5.10 Å². The number of carbonyl (C=O) groups is 1. The third-order valence-electron chi connectivity index (χ3n) is 4.96. The standard InChI is InChI=1S/C21H24N4O2/c1-21(2,3)13-7-8-14-17(9-10-27-19(14)11-13)24-20(26)23-16-5-4-6-18-15(16)12-22-25-18/h4-8,11-12,17H,9-10H2,1-3H3,(H,22,25)(H2,23,24,26)/t17-/m0/s1. The van der Waals surface area contributed by atoms with E-state index in [1.165, 1.54) is 5.56 Å². The molecule has 3 N–H and O–H groups in total. The van der Waals surface area contributed by atoms with Crippen molar-refractivity contribution in [2.45, 2.75) is 38.6 Å². The maximum Gasteiger partial charge on any atom is 0.319 e. The van der Waals surface area contributed by atoms with Gasteiger partial charge < -0.3 is 15.4 Å². The molecule has 0 aliphatic carbocycles. The zero-order chi connectivity index (χ0) is 19.0. The molecule has 1 aliphatic rings. The molecule has 140 valence electrons. The molecule has 4 rings (SSSR count). The van der Waals surface area contributed by atoms with Gasteiger partial charge in [-0.1, -0.05) is 39.0 Å². The lowest BCUT2D eigenvalue weighted by atomic mass is 9.85. The van der Waals surface area contributed by atoms with E-state index in [0.29, 0.717) is 6.61 Å². The second-order valence-corrected chi connectivity index (χ2v) is 7.93. The summed E-state index contributed by atoms with van der Waals surface area (Å²) < 4.78 is 5.85. The topological polar surface area (TPSA) is 79.0 Å². The Labute approximate surface area is 158 Å². The first-order chi connectivity index (χ1) is 12.9. The van der Waals surface area contributed by atoms with Crippen LogP contribution in [0.3, 0.4) is 0 Å². The molecule has 2 heterocycles. The number of amides is 2. The van der Waals surface area contributed by atoms with Crippen LogP contribution >= 0.6 is 0 Å². The fourth-order valence-electron chi connectivity index (χ4n) is 3.40. The summed E-state index contributed by atoms with van der Waals surface area (Å²) >= 11 is 0. The van der Waals surface area contributed by atoms with E-state index < -0.39 is 0 Å². The number of benzene rings is 2. The number of hydrogen-bond donors (Lipinski definition) is 3. The molecule has 0 radical (unpaired) electrons. The van der Waals surface area contributed by atoms with E-state index in [4.69, 9.17) is 4.74 Å². The molecule has 1 aromatic heterocycles. The third-order valence-corrected chi connectivity index (χ3v) is 4.96. The lowest BCUT2D eigenvalue weighted by molar-refractivity contribution is 0.232. The van der Waals surface area contributed by atoms with Crippen molar-refractivity contribution in [3.63, 3.8) is 0 Å². The van der Waals surface area contributed by atoms with Crippen LogP contribution in [0.1, 0.15) is 44.4 Å². The molecule has 0 unspecified atom stereocenters. The number of urea groups is 1. The average Bonchev–Trinajstić information content (AvgIpc) is 3.10. The van der Waals surface area contributed by atoms with Crippen molar-refractivity contribution >= 4 is 22.6 Å². The Morgan fingerprint density at radius 2 is 2.11 bits per heavy atom. The summed E-state index contributed by atoms with van der Waals surface area (Å²) in [7, 11) is 0. The Hall–Kier alpha value is -3.02. The van der Waals surface area contributed by atoms with Gasteiger partial charge in [0.05, 0.1) is 30.0 Å². The maximum atomic E-state index is 12.6. The SMILES string of the molecule is CC(C)(C)c1ccc2c(c1)OCC[C@@H]2NC(=O)Nc1cccc2[nH]ncc12. The van der Waals surface area contributed by atoms with Crippen molar-refractivity contribution in [2.24, 2.45) is 0 Å². The highest BCUT2D eigenvalue weighted by Crippen LogP contribution is 2.36. The molecule has 1 aliphatic heterocycles. The molecular weight excluding hydrogens is 340 g/mol. The van der Waals surface area contributed by atoms with E-state index in [9.17, 15) is 4.79 Å². The van der Waals surface area contributed by atoms with Crippen LogP contribution in [0.25, 0.3) is 10.9 Å². The number of aromatic nitrogens is 2. The van der Waals surface area contributed by atoms with Crippen LogP contribution in [-0.2, 0) is 5.41 Å². The number of carbonyl (C=O) groups excluding carboxylic acids is 1. The second-order valence-electron chi connectivity index (χ2n) is 7.93. The monoisotopic (exact) mass is 364 g/mol. The number of nitrogens with zero attached hydrogens (tertiary/aromatic N) is 1. The molecule has 27 heavy (non-hydrogen) atoms. The summed E-state index contributed by atoms with van der Waals surface area (Å²) in [5.41, 5.74) is 3.91. The molecule has 2 amide bonds. The average molecular weight is 364 g/mol. The van der Waals surface area contributed by atoms with Gasteiger partial charge in [-0.15, -0.1) is 0 Å². The van der Waals surface area contributed by atoms with Gasteiger partial charge in [-0.25, -0.2) is 4.79 Å². The molecule has 0 saturated heterocycles. The van der Waals surface area contributed by atoms with Crippen molar-refractivity contribution in [1.82, 2.24) is 15.5 Å². The zero-order valence-corrected chi connectivity index (χ0v) is 15.8. The minimum absolute atomic E-state index is 0.0550. The highest BCUT2D eigenvalue weighted by molar-refractivity contribution is 6.00. The van der Waals surface area contributed by atoms with Crippen molar-refractivity contribution in [3.8, 4) is 5.75 Å². The summed E-state index contributed by atoms with van der Waals surface area (Å²) in [6.45, 7) is 7.12. The summed E-state index contributed by atoms with van der Waals surface area (Å²) in [6.07, 6.45) is 2.45. The van der Waals surface area contributed by atoms with E-state index in [2.05, 4.69) is 59.8 Å². The molecule has 6 nitrogen and oxygen atoms in total. The molecule has 3 aromatic rings. The molecule has 0 bridgehead atoms. The summed E-state index contributed by atoms with van der Waals surface area (Å²) in [6, 6.07) is 11.6. The van der Waals surface area contributed by atoms with Gasteiger partial charge in [-0.05, 0) is 29.2 Å². The minimum Gasteiger partial charge on any atom is -0.493 e. The van der Waals surface area contributed by atoms with E-state index in [1.807, 2.05) is 18.2 Å². The summed E-state index contributed by atoms with van der Waals surface area (Å²) in [5.74, 6) is 0.857. The van der Waals surface area contributed by atoms with Crippen molar-refractivity contribution in [2.75, 3.05) is 11.9 Å². The molecule has 6 heteroatoms. The Kier molecular flexibility index (Phi) is 4.26. The largest absolute Gasteiger partial charge is 0.493 e. The van der Waals surface area contributed by atoms with E-state index >= 15 is 0 Å². The van der Waals surface area contributed by atoms with E-state index in [-0.39, 0.29) is 17.5 Å². The normalized spacial score (nSPS) is 16.5. The van der Waals surface area contributed by atoms with Crippen molar-refractivity contribution < 1.29 is 9.53 Å². The Morgan fingerprint density at radius 3 is 2.93 bits per heavy atom. The first-order valence-corrected chi connectivity index (χ1v) is 9.19. The molecular formula is C21H24N4O2. The predicted molar refractivity (Wildman–Crippen MR) is 106 cm³/mol. The van der Waals surface area contributed by atoms with Crippen LogP contribution in [0, 0.1) is 0 Å². The number of rotatable bonds is 2. The number of H-pyrrole nitrogens is 1. The van der Waals surface area contributed by atoms with Gasteiger partial charge in [0.15, 0.2) is 0 Å². The zero-order valence-electron chi connectivity index (χ0n) is 15.8. The van der Waals surface area contributed by atoms with Crippen LogP contribution in [0.4, 0.5) is 10.5 Å². The fourth-order valence-corrected chi connectivity index (χ4v) is 3.40. The van der Waals surface area contributed by atoms with Crippen LogP contribution in [-0.4, -0.2) is 22.8 Å². The molecule has 0 saturated carbocycles. The summed E-state index contributed by atoms with van der Waals surface area (Å²) in [5, 5.41) is 13.8. The number of hydrogen-bond acceptors (Lipinski definition) is 3. The fraction of sp³-hybridized carbons (Fsp3) is 0.333. The Balaban J connectivity index is 1.52. The number of ether oxygens (including phenoxy) is 1. The van der Waals surface area contributed by atoms with E-state index in [0.717, 1.165) is 34.3 Å². The first kappa shape index (κ1) is 17.4. The lowest BCUT2D eigenvalue weighted by Crippen LogP contribution is -2.35. The van der Waals surface area contributed by atoms with Crippen molar-refractivity contribution in [3.05, 3.63) is 53.7 Å². The molecule has 0 fully saturated rings. The quantitative estimate of drug-likeness (QED) is 0.626. The van der Waals surface area contributed by atoms with Crippen LogP contribution in [0.5, 0.6) is 5.75 Å². The van der Waals surface area contributed by atoms with Gasteiger partial charge in [0.1, 0.15) is 5.75 Å². The highest BCUT2D eigenvalue weighted by atomic mass is 16.5. The number of fused-ring (bicyclic) bond motifs is 2. The lowest BCUT2D eigenvalue weighted by Gasteiger charge is -2.29. The van der Waals surface area contributed by atoms with Crippen LogP contribution in [0.15, 0.2) is 42.6 Å². The number of anilines is 1. The van der Waals surface area contributed by atoms with Gasteiger partial charge in [0.25, 0.3) is 0 Å². The minimum atomic E-state index is -0.235. The first-order valence-electron chi connectivity index (χ1n) is 9.19. The second kappa shape index (κ2) is 6.61. The van der Waals surface area contributed by atoms with E-state index in [1.54, 1.807) is 6.20 Å². The smallest absolute Gasteiger partial charge is 0.319 e. The van der Waals surface area contributed by atoms with Gasteiger partial charge in [0, 0.05) is 17.4 Å². The molecule has 0 spiro atoms. The molecule has 2 aromatic carbocycles. The molecule has 1 atom stereocenters. The van der Waals surface area contributed by atoms with Crippen LogP contribution < -0.4 is 15.4 Å². The number of aromatic amines is 1. The maximum absolute atomic E-state index is 12.6. The predicted octanol–water partition coefficient (Wildman–Crippen LogP) is 4.51. The van der Waals surface area contributed by atoms with Gasteiger partial charge >= 0.3 is 6.03 Å². The van der Waals surface area contributed by atoms with Crippen molar-refractivity contribution in [1.29, 1.82) is 0 Å². The number of nitrogens with one attached hydrogen (secondary N) is 3. The Bertz CT molecular complexity index is 987. The van der Waals surface area contributed by atoms with Gasteiger partial charge in [0.2, 0.25) is 0 Å². The van der Waals surface area contributed by atoms with Crippen LogP contribution in [0.2, 0.25) is 0 Å². The summed E-state index contributed by atoms with van der Waals surface area (Å²) in [4.78, 5) is 12.6. The Morgan fingerprint density at radius 1 is 1.26 bits per heavy atom. The van der Waals surface area contributed by atoms with Gasteiger partial charge in [-0.3, -0.25) is 5.10 Å². The highest BCUT2D eigenvalue weighted by Gasteiger charge is 2.25. The third kappa shape index (κ3) is 3.47.